The Bertz CT molecular complexity index is 1710. The zero-order chi connectivity index (χ0) is 30.8. The average Bonchev–Trinajstić information content (AvgIpc) is 3.42. The first kappa shape index (κ1) is 30.6. The number of anilines is 2. The number of ether oxygens (including phenoxy) is 3. The van der Waals surface area contributed by atoms with Crippen LogP contribution in [0.15, 0.2) is 42.6 Å². The van der Waals surface area contributed by atoms with Crippen LogP contribution in [-0.2, 0) is 52.0 Å². The maximum absolute atomic E-state index is 16.1. The standard InChI is InChI=1S/C21H21F2N4O.C12H13O3.Hg/c1-2-12-9-13(18-16(22)3-4-17(24)19(18)23)10-14-11-25-21(27-20(12)14)26-15-5-7-28-8-6-15;1-3-9-4-5-11-10(6-9)12(7-14-11)15-8(2)13;/h3-4,9-11,15,24H,2,5-8H2,1H3,(H,25,26,27);4,6,12H,3,7H2,1-2H3;/q-1;;+1. The van der Waals surface area contributed by atoms with Gasteiger partial charge in [-0.05, 0) is 12.8 Å². The molecular weight excluding hydrogens is 755 g/mol. The van der Waals surface area contributed by atoms with Crippen LogP contribution in [0.1, 0.15) is 56.4 Å². The van der Waals surface area contributed by atoms with Crippen molar-refractivity contribution in [3.05, 3.63) is 70.9 Å². The van der Waals surface area contributed by atoms with Crippen LogP contribution >= 0.6 is 0 Å². The number of carbonyl (C=O) groups is 1. The van der Waals surface area contributed by atoms with Gasteiger partial charge in [-0.25, -0.2) is 0 Å². The summed E-state index contributed by atoms with van der Waals surface area (Å²) in [6, 6.07) is 10.7. The Labute approximate surface area is 267 Å². The molecule has 44 heavy (non-hydrogen) atoms. The second-order valence-electron chi connectivity index (χ2n) is 11.2. The van der Waals surface area contributed by atoms with E-state index in [0.29, 0.717) is 31.1 Å². The van der Waals surface area contributed by atoms with E-state index in [9.17, 15) is 4.79 Å². The molecule has 1 unspecified atom stereocenters. The molecule has 0 radical (unpaired) electrons. The fourth-order valence-corrected chi connectivity index (χ4v) is 11.7. The molecule has 0 bridgehead atoms. The second kappa shape index (κ2) is 13.3. The molecule has 0 aliphatic carbocycles. The number of hydrogen-bond acceptors (Lipinski definition) is 8. The van der Waals surface area contributed by atoms with E-state index in [1.807, 2.05) is 19.1 Å². The van der Waals surface area contributed by atoms with Gasteiger partial charge in [0.2, 0.25) is 0 Å². The molecule has 2 N–H and O–H groups in total. The number of nitrogens with one attached hydrogen (secondary N) is 2. The van der Waals surface area contributed by atoms with Gasteiger partial charge in [-0.3, -0.25) is 0 Å². The van der Waals surface area contributed by atoms with E-state index in [4.69, 9.17) is 19.2 Å². The minimum atomic E-state index is -2.25. The summed E-state index contributed by atoms with van der Waals surface area (Å²) >= 11 is -2.25. The molecule has 1 aromatic heterocycles. The van der Waals surface area contributed by atoms with Crippen molar-refractivity contribution in [1.82, 2.24) is 9.97 Å². The summed E-state index contributed by atoms with van der Waals surface area (Å²) in [5.74, 6) is -0.362. The van der Waals surface area contributed by atoms with Gasteiger partial charge in [0.25, 0.3) is 0 Å². The van der Waals surface area contributed by atoms with E-state index in [1.165, 1.54) is 19.1 Å². The van der Waals surface area contributed by atoms with Gasteiger partial charge in [-0.15, -0.1) is 0 Å². The van der Waals surface area contributed by atoms with Crippen LogP contribution in [0.2, 0.25) is 0 Å². The molecule has 4 aromatic rings. The minimum absolute atomic E-state index is 0.0804. The van der Waals surface area contributed by atoms with Crippen LogP contribution < -0.4 is 16.2 Å². The van der Waals surface area contributed by atoms with Gasteiger partial charge in [0.05, 0.1) is 0 Å². The maximum atomic E-state index is 16.1. The van der Waals surface area contributed by atoms with Crippen LogP contribution in [0.25, 0.3) is 22.0 Å². The third-order valence-electron chi connectivity index (χ3n) is 8.24. The van der Waals surface area contributed by atoms with Crippen LogP contribution in [-0.4, -0.2) is 41.8 Å². The Morgan fingerprint density at radius 1 is 1.11 bits per heavy atom. The number of aryl methyl sites for hydroxylation is 2. The van der Waals surface area contributed by atoms with Crippen molar-refractivity contribution in [3.63, 3.8) is 0 Å². The molecule has 226 valence electrons. The van der Waals surface area contributed by atoms with Gasteiger partial charge in [-0.1, -0.05) is 0 Å². The van der Waals surface area contributed by atoms with Crippen molar-refractivity contribution in [2.75, 3.05) is 28.2 Å². The summed E-state index contributed by atoms with van der Waals surface area (Å²) in [4.78, 5) is 20.9. The Hall–Kier alpha value is -3.37. The number of benzene rings is 3. The van der Waals surface area contributed by atoms with Crippen molar-refractivity contribution >= 4 is 31.6 Å². The van der Waals surface area contributed by atoms with Crippen LogP contribution in [0.4, 0.5) is 20.4 Å². The first-order valence-corrected chi connectivity index (χ1v) is 20.7. The van der Waals surface area contributed by atoms with Crippen LogP contribution in [0.5, 0.6) is 5.75 Å². The monoisotopic (exact) mass is 790 g/mol. The van der Waals surface area contributed by atoms with Gasteiger partial charge in [0.15, 0.2) is 0 Å². The van der Waals surface area contributed by atoms with E-state index in [2.05, 4.69) is 26.4 Å². The molecular formula is C33H34F2HgN4O4. The number of esters is 1. The molecule has 1 atom stereocenters. The molecule has 8 nitrogen and oxygen atoms in total. The van der Waals surface area contributed by atoms with Crippen molar-refractivity contribution in [1.29, 1.82) is 0 Å². The number of carbonyl (C=O) groups excluding carboxylic acids is 1. The molecule has 11 heteroatoms. The third-order valence-corrected chi connectivity index (χ3v) is 13.9. The molecule has 0 spiro atoms. The van der Waals surface area contributed by atoms with Crippen molar-refractivity contribution < 1.29 is 52.7 Å². The van der Waals surface area contributed by atoms with Gasteiger partial charge >= 0.3 is 238 Å². The van der Waals surface area contributed by atoms with Crippen LogP contribution in [0, 0.1) is 11.6 Å². The SMILES string of the molecule is CCc1c[c]([Hg][NH]c2ccc(F)c(-c3cc(CC)c4nc(NC5CCOCC5)ncc4c3)c2F)c2c(c1)C(OC(C)=O)CO2. The molecule has 0 amide bonds. The zero-order valence-corrected chi connectivity index (χ0v) is 30.6. The second-order valence-corrected chi connectivity index (χ2v) is 16.9. The van der Waals surface area contributed by atoms with Gasteiger partial charge in [0.1, 0.15) is 0 Å². The summed E-state index contributed by atoms with van der Waals surface area (Å²) in [5, 5.41) is 4.12. The fourth-order valence-electron chi connectivity index (χ4n) is 5.95. The topological polar surface area (TPSA) is 94.6 Å². The molecule has 3 aromatic carbocycles. The summed E-state index contributed by atoms with van der Waals surface area (Å²) in [6.45, 7) is 7.12. The number of nitrogens with zero attached hydrogens (tertiary/aromatic N) is 2. The molecule has 1 saturated heterocycles. The first-order valence-electron chi connectivity index (χ1n) is 15.2. The Morgan fingerprint density at radius 3 is 2.68 bits per heavy atom. The average molecular weight is 789 g/mol. The van der Waals surface area contributed by atoms with E-state index < -0.39 is 42.6 Å². The Morgan fingerprint density at radius 2 is 1.93 bits per heavy atom. The van der Waals surface area contributed by atoms with E-state index >= 15 is 8.78 Å². The van der Waals surface area contributed by atoms with Crippen molar-refractivity contribution in [2.24, 2.45) is 0 Å². The number of hydrogen-bond donors (Lipinski definition) is 2. The number of aromatic nitrogens is 2. The summed E-state index contributed by atoms with van der Waals surface area (Å²) in [6.07, 6.45) is 4.49. The third kappa shape index (κ3) is 6.37. The van der Waals surface area contributed by atoms with E-state index in [-0.39, 0.29) is 29.9 Å². The quantitative estimate of drug-likeness (QED) is 0.157. The predicted molar refractivity (Wildman–Crippen MR) is 161 cm³/mol. The normalized spacial score (nSPS) is 16.2. The molecule has 6 rings (SSSR count). The molecule has 2 aliphatic heterocycles. The van der Waals surface area contributed by atoms with Gasteiger partial charge in [-0.2, -0.15) is 0 Å². The van der Waals surface area contributed by atoms with Gasteiger partial charge < -0.3 is 4.74 Å². The Kier molecular flexibility index (Phi) is 9.27. The summed E-state index contributed by atoms with van der Waals surface area (Å²) in [7, 11) is 0. The zero-order valence-electron chi connectivity index (χ0n) is 25.1. The molecule has 3 heterocycles. The van der Waals surface area contributed by atoms with E-state index in [1.54, 1.807) is 12.3 Å². The number of fused-ring (bicyclic) bond motifs is 2. The Balaban J connectivity index is 1.29. The van der Waals surface area contributed by atoms with Crippen LogP contribution in [0.3, 0.4) is 0 Å². The summed E-state index contributed by atoms with van der Waals surface area (Å²) < 4.78 is 52.7. The van der Waals surface area contributed by atoms with Crippen molar-refractivity contribution in [2.45, 2.75) is 58.6 Å². The summed E-state index contributed by atoms with van der Waals surface area (Å²) in [5.41, 5.74) is 4.23. The van der Waals surface area contributed by atoms with Gasteiger partial charge in [0, 0.05) is 13.2 Å². The molecule has 2 aliphatic rings. The number of rotatable bonds is 9. The predicted octanol–water partition coefficient (Wildman–Crippen LogP) is 6.02. The fraction of sp³-hybridized carbons (Fsp3) is 0.364. The number of halogens is 2. The van der Waals surface area contributed by atoms with E-state index in [0.717, 1.165) is 55.7 Å². The molecule has 1 fully saturated rings. The first-order chi connectivity index (χ1) is 21.3. The van der Waals surface area contributed by atoms with Crippen molar-refractivity contribution in [3.8, 4) is 16.9 Å². The molecule has 0 saturated carbocycles.